The van der Waals surface area contributed by atoms with Crippen molar-refractivity contribution in [3.8, 4) is 0 Å². The molecule has 17 heavy (non-hydrogen) atoms. The van der Waals surface area contributed by atoms with Gasteiger partial charge in [-0.25, -0.2) is 0 Å². The molecular formula is C11H20N2O2S2. The topological polar surface area (TPSA) is 64.3 Å². The predicted octanol–water partition coefficient (Wildman–Crippen LogP) is 2.92. The van der Waals surface area contributed by atoms with Gasteiger partial charge in [0.15, 0.2) is 0 Å². The average molecular weight is 276 g/mol. The predicted molar refractivity (Wildman–Crippen MR) is 77.9 cm³/mol. The summed E-state index contributed by atoms with van der Waals surface area (Å²) in [5.41, 5.74) is 6.23. The molecule has 0 aliphatic carbocycles. The van der Waals surface area contributed by atoms with Crippen molar-refractivity contribution in [1.82, 2.24) is 4.72 Å². The van der Waals surface area contributed by atoms with E-state index in [9.17, 15) is 4.79 Å². The maximum absolute atomic E-state index is 11.0. The summed E-state index contributed by atoms with van der Waals surface area (Å²) in [6, 6.07) is 7.07. The summed E-state index contributed by atoms with van der Waals surface area (Å²) in [5.74, 6) is -0.182. The summed E-state index contributed by atoms with van der Waals surface area (Å²) in [4.78, 5) is 11.8. The van der Waals surface area contributed by atoms with Crippen molar-refractivity contribution in [2.75, 3.05) is 12.8 Å². The zero-order valence-corrected chi connectivity index (χ0v) is 12.3. The Morgan fingerprint density at radius 3 is 2.18 bits per heavy atom. The highest BCUT2D eigenvalue weighted by Gasteiger charge is 2.22. The van der Waals surface area contributed by atoms with Crippen molar-refractivity contribution in [3.63, 3.8) is 0 Å². The van der Waals surface area contributed by atoms with Gasteiger partial charge in [0.05, 0.1) is 7.11 Å². The Kier molecular flexibility index (Phi) is 7.10. The first-order valence-corrected chi connectivity index (χ1v) is 7.84. The number of anilines is 1. The molecule has 0 spiro atoms. The number of nitrogen functional groups attached to an aromatic ring is 1. The maximum Gasteiger partial charge on any atom is 0.227 e. The number of thiol groups is 1. The zero-order chi connectivity index (χ0) is 13.5. The molecule has 0 aromatic heterocycles. The van der Waals surface area contributed by atoms with Crippen LogP contribution in [0.15, 0.2) is 29.2 Å². The minimum Gasteiger partial charge on any atom is -0.399 e. The number of hydrogen-bond donors (Lipinski definition) is 3. The van der Waals surface area contributed by atoms with E-state index in [4.69, 9.17) is 9.92 Å². The van der Waals surface area contributed by atoms with Crippen LogP contribution in [0.2, 0.25) is 0 Å². The smallest absolute Gasteiger partial charge is 0.227 e. The van der Waals surface area contributed by atoms with E-state index in [2.05, 4.69) is 16.4 Å². The highest BCUT2D eigenvalue weighted by Crippen LogP contribution is 2.56. The molecule has 3 N–H and O–H groups in total. The van der Waals surface area contributed by atoms with E-state index in [0.29, 0.717) is 5.69 Å². The quantitative estimate of drug-likeness (QED) is 0.452. The third-order valence-corrected chi connectivity index (χ3v) is 5.03. The monoisotopic (exact) mass is 276 g/mol. The molecule has 1 aromatic carbocycles. The summed E-state index contributed by atoms with van der Waals surface area (Å²) >= 11 is 4.37. The first-order chi connectivity index (χ1) is 7.98. The first-order valence-electron chi connectivity index (χ1n) is 5.23. The summed E-state index contributed by atoms with van der Waals surface area (Å²) in [6.07, 6.45) is 0. The van der Waals surface area contributed by atoms with Gasteiger partial charge in [0.2, 0.25) is 5.91 Å². The van der Waals surface area contributed by atoms with Crippen molar-refractivity contribution in [2.45, 2.75) is 25.7 Å². The Balaban J connectivity index is 0.00000121. The lowest BCUT2D eigenvalue weighted by Crippen LogP contribution is -2.23. The number of nitrogens with one attached hydrogen (secondary N) is 1. The van der Waals surface area contributed by atoms with Crippen LogP contribution < -0.4 is 10.5 Å². The van der Waals surface area contributed by atoms with Gasteiger partial charge in [-0.1, -0.05) is 25.5 Å². The van der Waals surface area contributed by atoms with E-state index >= 15 is 0 Å². The molecule has 6 heteroatoms. The van der Waals surface area contributed by atoms with Crippen LogP contribution in [0.5, 0.6) is 0 Å². The molecule has 1 atom stereocenters. The molecule has 0 saturated heterocycles. The molecule has 0 aliphatic rings. The Morgan fingerprint density at radius 2 is 1.82 bits per heavy atom. The summed E-state index contributed by atoms with van der Waals surface area (Å²) < 4.78 is 7.94. The second-order valence-corrected chi connectivity index (χ2v) is 6.52. The minimum absolute atomic E-state index is 0.182. The van der Waals surface area contributed by atoms with Gasteiger partial charge in [-0.3, -0.25) is 9.52 Å². The lowest BCUT2D eigenvalue weighted by Gasteiger charge is -2.32. The molecule has 0 aliphatic heterocycles. The van der Waals surface area contributed by atoms with Gasteiger partial charge in [-0.2, -0.15) is 0 Å². The molecule has 1 aromatic rings. The highest BCUT2D eigenvalue weighted by atomic mass is 33.1. The molecule has 1 rings (SSSR count). The van der Waals surface area contributed by atoms with E-state index in [1.54, 1.807) is 24.3 Å². The van der Waals surface area contributed by atoms with Crippen LogP contribution in [0, 0.1) is 0 Å². The van der Waals surface area contributed by atoms with Gasteiger partial charge >= 0.3 is 0 Å². The highest BCUT2D eigenvalue weighted by molar-refractivity contribution is 8.85. The molecule has 0 fully saturated rings. The Labute approximate surface area is 109 Å². The van der Waals surface area contributed by atoms with Crippen molar-refractivity contribution in [3.05, 3.63) is 24.3 Å². The van der Waals surface area contributed by atoms with Gasteiger partial charge in [0, 0.05) is 27.0 Å². The number of hydrogen-bond acceptors (Lipinski definition) is 4. The van der Waals surface area contributed by atoms with Crippen LogP contribution in [-0.2, 0) is 8.98 Å². The second-order valence-electron chi connectivity index (χ2n) is 2.92. The molecule has 1 unspecified atom stereocenters. The van der Waals surface area contributed by atoms with Gasteiger partial charge in [-0.05, 0) is 24.3 Å². The number of carbonyl (C=O) groups is 1. The summed E-state index contributed by atoms with van der Waals surface area (Å²) in [7, 11) is -0.524. The Hall–Kier alpha value is -0.850. The summed E-state index contributed by atoms with van der Waals surface area (Å²) in [5, 5.41) is 0. The largest absolute Gasteiger partial charge is 0.399 e. The van der Waals surface area contributed by atoms with E-state index in [1.165, 1.54) is 14.0 Å². The number of benzene rings is 1. The Bertz CT molecular complexity index is 357. The minimum atomic E-state index is -2.03. The molecule has 0 bridgehead atoms. The third-order valence-electron chi connectivity index (χ3n) is 1.72. The van der Waals surface area contributed by atoms with Crippen molar-refractivity contribution in [2.24, 2.45) is 0 Å². The van der Waals surface area contributed by atoms with Crippen LogP contribution in [0.25, 0.3) is 0 Å². The van der Waals surface area contributed by atoms with Crippen molar-refractivity contribution >= 4 is 32.8 Å². The third kappa shape index (κ3) is 4.89. The SMILES string of the molecule is CC.COS(S)(NC(C)=O)c1ccc(N)cc1. The molecule has 98 valence electrons. The van der Waals surface area contributed by atoms with Gasteiger partial charge in [0.25, 0.3) is 0 Å². The van der Waals surface area contributed by atoms with Crippen molar-refractivity contribution < 1.29 is 8.98 Å². The summed E-state index contributed by atoms with van der Waals surface area (Å²) in [6.45, 7) is 5.42. The fourth-order valence-corrected chi connectivity index (χ4v) is 3.08. The molecule has 0 radical (unpaired) electrons. The van der Waals surface area contributed by atoms with E-state index in [-0.39, 0.29) is 5.91 Å². The molecule has 0 heterocycles. The second kappa shape index (κ2) is 7.47. The van der Waals surface area contributed by atoms with Crippen LogP contribution in [0.1, 0.15) is 20.8 Å². The Morgan fingerprint density at radius 1 is 1.35 bits per heavy atom. The van der Waals surface area contributed by atoms with E-state index in [0.717, 1.165) is 4.90 Å². The van der Waals surface area contributed by atoms with Crippen LogP contribution in [0.4, 0.5) is 5.69 Å². The molecule has 1 amide bonds. The molecule has 0 saturated carbocycles. The number of carbonyl (C=O) groups excluding carboxylic acids is 1. The maximum atomic E-state index is 11.0. The number of rotatable bonds is 3. The fourth-order valence-electron chi connectivity index (χ4n) is 1.04. The van der Waals surface area contributed by atoms with Crippen LogP contribution in [-0.4, -0.2) is 13.0 Å². The van der Waals surface area contributed by atoms with Gasteiger partial charge < -0.3 is 9.92 Å². The van der Waals surface area contributed by atoms with Gasteiger partial charge in [0.1, 0.15) is 0 Å². The van der Waals surface area contributed by atoms with Crippen LogP contribution >= 0.6 is 21.2 Å². The van der Waals surface area contributed by atoms with Gasteiger partial charge in [-0.15, -0.1) is 0 Å². The lowest BCUT2D eigenvalue weighted by atomic mass is 10.3. The standard InChI is InChI=1S/C9H14N2O2S2.C2H6/c1-7(12)11-15(14,13-2)9-5-3-8(10)4-6-9;1-2/h3-6,14H,10H2,1-2H3,(H,11,12);1-2H3. The average Bonchev–Trinajstić information content (AvgIpc) is 2.31. The normalized spacial score (nSPS) is 14.9. The molecular weight excluding hydrogens is 256 g/mol. The van der Waals surface area contributed by atoms with Crippen molar-refractivity contribution in [1.29, 1.82) is 0 Å². The van der Waals surface area contributed by atoms with E-state index in [1.807, 2.05) is 13.8 Å². The first kappa shape index (κ1) is 16.1. The van der Waals surface area contributed by atoms with E-state index < -0.39 is 9.53 Å². The number of amides is 1. The zero-order valence-electron chi connectivity index (χ0n) is 10.6. The molecule has 4 nitrogen and oxygen atoms in total. The number of nitrogens with two attached hydrogens (primary N) is 1. The van der Waals surface area contributed by atoms with Crippen LogP contribution in [0.3, 0.4) is 0 Å². The lowest BCUT2D eigenvalue weighted by molar-refractivity contribution is -0.117. The fraction of sp³-hybridized carbons (Fsp3) is 0.364.